The second-order valence-corrected chi connectivity index (χ2v) is 4.54. The molecule has 20 heavy (non-hydrogen) atoms. The normalized spacial score (nSPS) is 10.1. The average Bonchev–Trinajstić information content (AvgIpc) is 2.47. The number of nitriles is 1. The van der Waals surface area contributed by atoms with E-state index >= 15 is 0 Å². The molecule has 0 aliphatic carbocycles. The summed E-state index contributed by atoms with van der Waals surface area (Å²) in [5.74, 6) is 0.753. The monoisotopic (exact) mass is 267 g/mol. The predicted octanol–water partition coefficient (Wildman–Crippen LogP) is 2.34. The zero-order valence-electron chi connectivity index (χ0n) is 11.5. The summed E-state index contributed by atoms with van der Waals surface area (Å²) in [5, 5.41) is 8.88. The summed E-state index contributed by atoms with van der Waals surface area (Å²) in [6.45, 7) is 2.90. The van der Waals surface area contributed by atoms with E-state index in [1.807, 2.05) is 37.3 Å². The summed E-state index contributed by atoms with van der Waals surface area (Å²) in [7, 11) is 0. The molecule has 0 unspecified atom stereocenters. The van der Waals surface area contributed by atoms with Gasteiger partial charge in [0.1, 0.15) is 12.4 Å². The Kier molecular flexibility index (Phi) is 4.70. The van der Waals surface area contributed by atoms with Crippen molar-refractivity contribution in [2.24, 2.45) is 5.73 Å². The second kappa shape index (κ2) is 6.69. The third-order valence-electron chi connectivity index (χ3n) is 2.90. The minimum Gasteiger partial charge on any atom is -0.487 e. The van der Waals surface area contributed by atoms with Gasteiger partial charge in [-0.15, -0.1) is 0 Å². The molecule has 1 aromatic heterocycles. The number of pyridine rings is 1. The standard InChI is InChI=1S/C16H17N3O/c1-12-5-6-16(15(19-12)7-8-17)20-11-14-4-2-3-13(9-14)10-18/h2-6,9H,7-8,11,17H2,1H3. The van der Waals surface area contributed by atoms with Gasteiger partial charge >= 0.3 is 0 Å². The zero-order valence-corrected chi connectivity index (χ0v) is 11.5. The Morgan fingerprint density at radius 2 is 2.15 bits per heavy atom. The van der Waals surface area contributed by atoms with Gasteiger partial charge in [0.15, 0.2) is 0 Å². The van der Waals surface area contributed by atoms with Crippen molar-refractivity contribution in [3.05, 3.63) is 58.9 Å². The Bertz CT molecular complexity index is 632. The maximum atomic E-state index is 8.88. The van der Waals surface area contributed by atoms with Crippen LogP contribution in [0.2, 0.25) is 0 Å². The minimum absolute atomic E-state index is 0.415. The van der Waals surface area contributed by atoms with E-state index in [2.05, 4.69) is 11.1 Å². The van der Waals surface area contributed by atoms with Crippen molar-refractivity contribution in [1.82, 2.24) is 4.98 Å². The number of ether oxygens (including phenoxy) is 1. The molecule has 4 heteroatoms. The van der Waals surface area contributed by atoms with E-state index in [0.717, 1.165) is 22.7 Å². The van der Waals surface area contributed by atoms with Crippen LogP contribution in [0, 0.1) is 18.3 Å². The lowest BCUT2D eigenvalue weighted by atomic mass is 10.1. The highest BCUT2D eigenvalue weighted by Gasteiger charge is 2.06. The van der Waals surface area contributed by atoms with E-state index < -0.39 is 0 Å². The minimum atomic E-state index is 0.415. The summed E-state index contributed by atoms with van der Waals surface area (Å²) >= 11 is 0. The number of nitrogens with zero attached hydrogens (tertiary/aromatic N) is 2. The SMILES string of the molecule is Cc1ccc(OCc2cccc(C#N)c2)c(CCN)n1. The number of hydrogen-bond acceptors (Lipinski definition) is 4. The molecule has 102 valence electrons. The molecule has 0 radical (unpaired) electrons. The molecule has 4 nitrogen and oxygen atoms in total. The van der Waals surface area contributed by atoms with Gasteiger partial charge in [0, 0.05) is 12.1 Å². The third-order valence-corrected chi connectivity index (χ3v) is 2.90. The first-order valence-corrected chi connectivity index (χ1v) is 6.51. The van der Waals surface area contributed by atoms with Crippen molar-refractivity contribution in [3.8, 4) is 11.8 Å². The number of hydrogen-bond donors (Lipinski definition) is 1. The average molecular weight is 267 g/mol. The van der Waals surface area contributed by atoms with Gasteiger partial charge in [-0.2, -0.15) is 5.26 Å². The van der Waals surface area contributed by atoms with E-state index in [9.17, 15) is 0 Å². The van der Waals surface area contributed by atoms with Gasteiger partial charge in [0.05, 0.1) is 17.3 Å². The van der Waals surface area contributed by atoms with Crippen LogP contribution in [0.15, 0.2) is 36.4 Å². The maximum Gasteiger partial charge on any atom is 0.141 e. The maximum absolute atomic E-state index is 8.88. The van der Waals surface area contributed by atoms with E-state index in [1.165, 1.54) is 0 Å². The van der Waals surface area contributed by atoms with E-state index in [0.29, 0.717) is 25.1 Å². The van der Waals surface area contributed by atoms with Gasteiger partial charge in [-0.25, -0.2) is 0 Å². The van der Waals surface area contributed by atoms with Crippen LogP contribution >= 0.6 is 0 Å². The van der Waals surface area contributed by atoms with Gasteiger partial charge in [0.2, 0.25) is 0 Å². The Balaban J connectivity index is 2.12. The van der Waals surface area contributed by atoms with Crippen LogP contribution < -0.4 is 10.5 Å². The summed E-state index contributed by atoms with van der Waals surface area (Å²) in [4.78, 5) is 4.45. The van der Waals surface area contributed by atoms with Crippen LogP contribution in [0.1, 0.15) is 22.5 Å². The summed E-state index contributed by atoms with van der Waals surface area (Å²) in [5.41, 5.74) is 9.02. The van der Waals surface area contributed by atoms with E-state index in [4.69, 9.17) is 15.7 Å². The number of benzene rings is 1. The third kappa shape index (κ3) is 3.56. The molecule has 1 heterocycles. The molecular weight excluding hydrogens is 250 g/mol. The fourth-order valence-electron chi connectivity index (χ4n) is 1.94. The van der Waals surface area contributed by atoms with Gasteiger partial charge in [-0.05, 0) is 43.3 Å². The Hall–Kier alpha value is -2.38. The zero-order chi connectivity index (χ0) is 14.4. The summed E-state index contributed by atoms with van der Waals surface area (Å²) in [6, 6.07) is 13.3. The molecule has 0 amide bonds. The first kappa shape index (κ1) is 14.0. The smallest absolute Gasteiger partial charge is 0.141 e. The van der Waals surface area contributed by atoms with Crippen LogP contribution in [-0.4, -0.2) is 11.5 Å². The molecule has 0 saturated heterocycles. The highest BCUT2D eigenvalue weighted by Crippen LogP contribution is 2.19. The fourth-order valence-corrected chi connectivity index (χ4v) is 1.94. The van der Waals surface area contributed by atoms with Crippen LogP contribution in [0.4, 0.5) is 0 Å². The molecule has 0 fully saturated rings. The van der Waals surface area contributed by atoms with Crippen LogP contribution in [0.3, 0.4) is 0 Å². The number of nitrogens with two attached hydrogens (primary N) is 1. The molecule has 0 atom stereocenters. The molecule has 0 saturated carbocycles. The molecule has 0 bridgehead atoms. The molecular formula is C16H17N3O. The molecule has 2 aromatic rings. The molecule has 0 spiro atoms. The quantitative estimate of drug-likeness (QED) is 0.902. The largest absolute Gasteiger partial charge is 0.487 e. The van der Waals surface area contributed by atoms with Gasteiger partial charge in [0.25, 0.3) is 0 Å². The van der Waals surface area contributed by atoms with E-state index in [-0.39, 0.29) is 0 Å². The lowest BCUT2D eigenvalue weighted by Crippen LogP contribution is -2.08. The Morgan fingerprint density at radius 3 is 2.90 bits per heavy atom. The van der Waals surface area contributed by atoms with Crippen LogP contribution in [0.25, 0.3) is 0 Å². The van der Waals surface area contributed by atoms with Crippen LogP contribution in [0.5, 0.6) is 5.75 Å². The first-order valence-electron chi connectivity index (χ1n) is 6.51. The van der Waals surface area contributed by atoms with Gasteiger partial charge in [-0.1, -0.05) is 12.1 Å². The Labute approximate surface area is 118 Å². The highest BCUT2D eigenvalue weighted by molar-refractivity contribution is 5.34. The van der Waals surface area contributed by atoms with Crippen molar-refractivity contribution in [2.75, 3.05) is 6.54 Å². The van der Waals surface area contributed by atoms with Crippen molar-refractivity contribution in [2.45, 2.75) is 20.0 Å². The Morgan fingerprint density at radius 1 is 1.30 bits per heavy atom. The molecule has 2 rings (SSSR count). The molecule has 2 N–H and O–H groups in total. The van der Waals surface area contributed by atoms with Crippen molar-refractivity contribution >= 4 is 0 Å². The molecule has 0 aliphatic heterocycles. The predicted molar refractivity (Wildman–Crippen MR) is 77.2 cm³/mol. The van der Waals surface area contributed by atoms with E-state index in [1.54, 1.807) is 6.07 Å². The topological polar surface area (TPSA) is 71.9 Å². The fraction of sp³-hybridized carbons (Fsp3) is 0.250. The summed E-state index contributed by atoms with van der Waals surface area (Å²) < 4.78 is 5.80. The number of rotatable bonds is 5. The van der Waals surface area contributed by atoms with Crippen molar-refractivity contribution in [3.63, 3.8) is 0 Å². The lowest BCUT2D eigenvalue weighted by Gasteiger charge is -2.11. The number of aromatic nitrogens is 1. The van der Waals surface area contributed by atoms with Gasteiger partial charge in [-0.3, -0.25) is 4.98 Å². The van der Waals surface area contributed by atoms with Crippen molar-refractivity contribution in [1.29, 1.82) is 5.26 Å². The number of aryl methyl sites for hydroxylation is 1. The first-order chi connectivity index (χ1) is 9.72. The van der Waals surface area contributed by atoms with Crippen molar-refractivity contribution < 1.29 is 4.74 Å². The van der Waals surface area contributed by atoms with Gasteiger partial charge < -0.3 is 10.5 Å². The lowest BCUT2D eigenvalue weighted by molar-refractivity contribution is 0.301. The molecule has 0 aliphatic rings. The highest BCUT2D eigenvalue weighted by atomic mass is 16.5. The second-order valence-electron chi connectivity index (χ2n) is 4.54. The molecule has 1 aromatic carbocycles. The van der Waals surface area contributed by atoms with Crippen LogP contribution in [-0.2, 0) is 13.0 Å². The summed E-state index contributed by atoms with van der Waals surface area (Å²) in [6.07, 6.45) is 0.690.